The minimum atomic E-state index is 0.916. The van der Waals surface area contributed by atoms with Crippen molar-refractivity contribution in [3.8, 4) is 5.69 Å². The summed E-state index contributed by atoms with van der Waals surface area (Å²) in [6.07, 6.45) is 0. The molecule has 0 saturated heterocycles. The molecule has 6 heteroatoms. The standard InChI is InChI=1S/C27H18N6/c1-30-22-15-14-17(16-25(22)33-21-11-5-2-8-18(21)28-26(30)33)31-23-12-6-7-13-24(23)32-20-10-4-3-9-19(20)29-27(31)32/h2-16H,1H3. The van der Waals surface area contributed by atoms with Crippen LogP contribution in [-0.2, 0) is 7.05 Å². The van der Waals surface area contributed by atoms with Gasteiger partial charge in [0.15, 0.2) is 0 Å². The van der Waals surface area contributed by atoms with Crippen LogP contribution in [0.5, 0.6) is 0 Å². The smallest absolute Gasteiger partial charge is 0.220 e. The van der Waals surface area contributed by atoms with Crippen molar-refractivity contribution < 1.29 is 0 Å². The van der Waals surface area contributed by atoms with E-state index in [4.69, 9.17) is 9.97 Å². The average molecular weight is 426 g/mol. The Kier molecular flexibility index (Phi) is 3.00. The van der Waals surface area contributed by atoms with Gasteiger partial charge in [0.1, 0.15) is 0 Å². The summed E-state index contributed by atoms with van der Waals surface area (Å²) in [6.45, 7) is 0. The number of nitrogens with zero attached hydrogens (tertiary/aromatic N) is 6. The fraction of sp³-hybridized carbons (Fsp3) is 0.0370. The number of benzene rings is 4. The topological polar surface area (TPSA) is 44.5 Å². The Labute approximate surface area is 187 Å². The molecular weight excluding hydrogens is 408 g/mol. The van der Waals surface area contributed by atoms with Crippen LogP contribution in [0.4, 0.5) is 0 Å². The van der Waals surface area contributed by atoms with Gasteiger partial charge in [0.25, 0.3) is 0 Å². The summed E-state index contributed by atoms with van der Waals surface area (Å²) in [4.78, 5) is 9.89. The molecule has 156 valence electrons. The van der Waals surface area contributed by atoms with Crippen LogP contribution in [0.2, 0.25) is 0 Å². The molecule has 33 heavy (non-hydrogen) atoms. The summed E-state index contributed by atoms with van der Waals surface area (Å²) in [7, 11) is 2.08. The van der Waals surface area contributed by atoms with Crippen LogP contribution in [-0.4, -0.2) is 27.9 Å². The number of hydrogen-bond donors (Lipinski definition) is 0. The number of fused-ring (bicyclic) bond motifs is 10. The molecule has 0 aliphatic carbocycles. The molecular formula is C27H18N6. The van der Waals surface area contributed by atoms with E-state index in [1.54, 1.807) is 0 Å². The fourth-order valence-electron chi connectivity index (χ4n) is 5.30. The van der Waals surface area contributed by atoms with Gasteiger partial charge in [-0.1, -0.05) is 36.4 Å². The van der Waals surface area contributed by atoms with E-state index >= 15 is 0 Å². The minimum Gasteiger partial charge on any atom is -0.313 e. The highest BCUT2D eigenvalue weighted by atomic mass is 15.2. The molecule has 8 rings (SSSR count). The summed E-state index contributed by atoms with van der Waals surface area (Å²) in [6, 6.07) is 31.7. The third-order valence-electron chi connectivity index (χ3n) is 6.77. The fourth-order valence-corrected chi connectivity index (χ4v) is 5.30. The van der Waals surface area contributed by atoms with Crippen molar-refractivity contribution in [3.05, 3.63) is 91.0 Å². The van der Waals surface area contributed by atoms with Crippen LogP contribution in [0.15, 0.2) is 91.0 Å². The van der Waals surface area contributed by atoms with Crippen LogP contribution in [0, 0.1) is 0 Å². The molecule has 0 aliphatic heterocycles. The van der Waals surface area contributed by atoms with Crippen molar-refractivity contribution in [1.82, 2.24) is 27.9 Å². The van der Waals surface area contributed by atoms with E-state index in [-0.39, 0.29) is 0 Å². The molecule has 8 aromatic rings. The summed E-state index contributed by atoms with van der Waals surface area (Å²) < 4.78 is 8.92. The molecule has 0 atom stereocenters. The quantitative estimate of drug-likeness (QED) is 0.337. The van der Waals surface area contributed by atoms with E-state index < -0.39 is 0 Å². The number of aromatic nitrogens is 6. The Bertz CT molecular complexity index is 2050. The highest BCUT2D eigenvalue weighted by Gasteiger charge is 2.19. The zero-order valence-electron chi connectivity index (χ0n) is 17.8. The molecule has 4 heterocycles. The first-order chi connectivity index (χ1) is 16.3. The Morgan fingerprint density at radius 3 is 1.82 bits per heavy atom. The molecule has 0 radical (unpaired) electrons. The van der Waals surface area contributed by atoms with E-state index in [9.17, 15) is 0 Å². The van der Waals surface area contributed by atoms with Gasteiger partial charge in [-0.05, 0) is 54.6 Å². The Hall–Kier alpha value is -4.58. The monoisotopic (exact) mass is 426 g/mol. The van der Waals surface area contributed by atoms with E-state index in [1.165, 1.54) is 0 Å². The van der Waals surface area contributed by atoms with E-state index in [0.29, 0.717) is 0 Å². The number of aryl methyl sites for hydroxylation is 1. The number of hydrogen-bond acceptors (Lipinski definition) is 2. The van der Waals surface area contributed by atoms with Crippen LogP contribution in [0.3, 0.4) is 0 Å². The molecule has 0 fully saturated rings. The Morgan fingerprint density at radius 1 is 0.515 bits per heavy atom. The molecule has 0 aliphatic rings. The van der Waals surface area contributed by atoms with E-state index in [2.05, 4.69) is 104 Å². The summed E-state index contributed by atoms with van der Waals surface area (Å²) in [5, 5.41) is 0. The number of imidazole rings is 4. The van der Waals surface area contributed by atoms with Gasteiger partial charge < -0.3 is 4.57 Å². The molecule has 0 bridgehead atoms. The Morgan fingerprint density at radius 2 is 1.09 bits per heavy atom. The van der Waals surface area contributed by atoms with Gasteiger partial charge in [-0.25, -0.2) is 9.97 Å². The first kappa shape index (κ1) is 17.0. The first-order valence-corrected chi connectivity index (χ1v) is 11.0. The molecule has 4 aromatic carbocycles. The lowest BCUT2D eigenvalue weighted by molar-refractivity contribution is 0.973. The molecule has 0 spiro atoms. The van der Waals surface area contributed by atoms with Crippen LogP contribution in [0.25, 0.3) is 61.4 Å². The van der Waals surface area contributed by atoms with Crippen LogP contribution >= 0.6 is 0 Å². The van der Waals surface area contributed by atoms with Crippen molar-refractivity contribution in [2.24, 2.45) is 7.05 Å². The first-order valence-electron chi connectivity index (χ1n) is 11.0. The number of para-hydroxylation sites is 6. The minimum absolute atomic E-state index is 0.916. The van der Waals surface area contributed by atoms with Crippen molar-refractivity contribution in [2.45, 2.75) is 0 Å². The molecule has 6 nitrogen and oxygen atoms in total. The van der Waals surface area contributed by atoms with Crippen molar-refractivity contribution in [2.75, 3.05) is 0 Å². The van der Waals surface area contributed by atoms with Gasteiger partial charge in [-0.15, -0.1) is 0 Å². The second-order valence-corrected chi connectivity index (χ2v) is 8.53. The van der Waals surface area contributed by atoms with Gasteiger partial charge in [0.05, 0.1) is 49.8 Å². The molecule has 0 unspecified atom stereocenters. The summed E-state index contributed by atoms with van der Waals surface area (Å²) in [5.41, 5.74) is 9.86. The van der Waals surface area contributed by atoms with Crippen LogP contribution in [0.1, 0.15) is 0 Å². The number of rotatable bonds is 1. The lowest BCUT2D eigenvalue weighted by Crippen LogP contribution is -1.96. The molecule has 0 amide bonds. The maximum Gasteiger partial charge on any atom is 0.220 e. The van der Waals surface area contributed by atoms with Gasteiger partial charge in [0, 0.05) is 7.05 Å². The summed E-state index contributed by atoms with van der Waals surface area (Å²) >= 11 is 0. The highest BCUT2D eigenvalue weighted by molar-refractivity contribution is 5.94. The largest absolute Gasteiger partial charge is 0.313 e. The van der Waals surface area contributed by atoms with Crippen molar-refractivity contribution >= 4 is 55.7 Å². The zero-order chi connectivity index (χ0) is 21.7. The highest BCUT2D eigenvalue weighted by Crippen LogP contribution is 2.32. The SMILES string of the molecule is Cn1c2ccc(-n3c4ccccc4n4c5ccccc5nc34)cc2n2c3ccccc3nc12. The second kappa shape index (κ2) is 5.81. The van der Waals surface area contributed by atoms with Crippen molar-refractivity contribution in [1.29, 1.82) is 0 Å². The van der Waals surface area contributed by atoms with Gasteiger partial charge in [-0.2, -0.15) is 0 Å². The lowest BCUT2D eigenvalue weighted by Gasteiger charge is -2.06. The third-order valence-corrected chi connectivity index (χ3v) is 6.77. The van der Waals surface area contributed by atoms with E-state index in [1.807, 2.05) is 12.1 Å². The van der Waals surface area contributed by atoms with Gasteiger partial charge >= 0.3 is 0 Å². The van der Waals surface area contributed by atoms with E-state index in [0.717, 1.165) is 61.4 Å². The maximum absolute atomic E-state index is 5.02. The second-order valence-electron chi connectivity index (χ2n) is 8.53. The average Bonchev–Trinajstić information content (AvgIpc) is 3.57. The summed E-state index contributed by atoms with van der Waals surface area (Å²) in [5.74, 6) is 1.86. The molecule has 0 N–H and O–H groups in total. The maximum atomic E-state index is 5.02. The predicted octanol–water partition coefficient (Wildman–Crippen LogP) is 5.72. The molecule has 0 saturated carbocycles. The predicted molar refractivity (Wildman–Crippen MR) is 132 cm³/mol. The van der Waals surface area contributed by atoms with Gasteiger partial charge in [-0.3, -0.25) is 13.4 Å². The van der Waals surface area contributed by atoms with Gasteiger partial charge in [0.2, 0.25) is 11.6 Å². The third kappa shape index (κ3) is 2.03. The molecule has 4 aromatic heterocycles. The lowest BCUT2D eigenvalue weighted by atomic mass is 10.2. The Balaban J connectivity index is 1.54. The van der Waals surface area contributed by atoms with Crippen molar-refractivity contribution in [3.63, 3.8) is 0 Å². The van der Waals surface area contributed by atoms with Crippen LogP contribution < -0.4 is 0 Å². The normalized spacial score (nSPS) is 12.4. The zero-order valence-corrected chi connectivity index (χ0v) is 17.8.